The Labute approximate surface area is 91.3 Å². The molecule has 0 heterocycles. The number of hydrogen-bond acceptors (Lipinski definition) is 3. The molecule has 1 unspecified atom stereocenters. The monoisotopic (exact) mass is 219 g/mol. The molecule has 0 aliphatic heterocycles. The van der Waals surface area contributed by atoms with Crippen molar-refractivity contribution in [1.29, 1.82) is 0 Å². The minimum absolute atomic E-state index is 0.130. The molecule has 3 nitrogen and oxygen atoms in total. The summed E-state index contributed by atoms with van der Waals surface area (Å²) < 4.78 is 18.5. The van der Waals surface area contributed by atoms with Gasteiger partial charge in [-0.1, -0.05) is 26.5 Å². The van der Waals surface area contributed by atoms with Crippen LogP contribution < -0.4 is 5.32 Å². The van der Waals surface area contributed by atoms with Crippen LogP contribution >= 0.6 is 0 Å². The SMILES string of the molecule is C=CC(F)(CO)COCCCNC(C)C. The Morgan fingerprint density at radius 2 is 2.27 bits per heavy atom. The fourth-order valence-corrected chi connectivity index (χ4v) is 0.976. The average Bonchev–Trinajstić information content (AvgIpc) is 2.22. The highest BCUT2D eigenvalue weighted by atomic mass is 19.1. The number of ether oxygens (including phenoxy) is 1. The number of hydrogen-bond donors (Lipinski definition) is 2. The van der Waals surface area contributed by atoms with Gasteiger partial charge in [0.2, 0.25) is 0 Å². The molecule has 0 aromatic heterocycles. The van der Waals surface area contributed by atoms with E-state index in [4.69, 9.17) is 9.84 Å². The van der Waals surface area contributed by atoms with Crippen LogP contribution in [-0.4, -0.2) is 43.2 Å². The molecule has 0 saturated carbocycles. The predicted octanol–water partition coefficient (Wildman–Crippen LogP) is 1.28. The Bertz CT molecular complexity index is 176. The van der Waals surface area contributed by atoms with Crippen molar-refractivity contribution in [2.75, 3.05) is 26.4 Å². The zero-order valence-electron chi connectivity index (χ0n) is 9.63. The van der Waals surface area contributed by atoms with E-state index in [-0.39, 0.29) is 6.61 Å². The van der Waals surface area contributed by atoms with Crippen molar-refractivity contribution in [3.63, 3.8) is 0 Å². The van der Waals surface area contributed by atoms with Gasteiger partial charge in [0.25, 0.3) is 0 Å². The van der Waals surface area contributed by atoms with Crippen molar-refractivity contribution >= 4 is 0 Å². The largest absolute Gasteiger partial charge is 0.393 e. The normalized spacial score (nSPS) is 15.3. The molecule has 0 rings (SSSR count). The van der Waals surface area contributed by atoms with E-state index in [9.17, 15) is 4.39 Å². The second-order valence-corrected chi connectivity index (χ2v) is 3.91. The molecule has 0 amide bonds. The zero-order valence-corrected chi connectivity index (χ0v) is 9.63. The van der Waals surface area contributed by atoms with Crippen LogP contribution in [0.4, 0.5) is 4.39 Å². The van der Waals surface area contributed by atoms with E-state index in [2.05, 4.69) is 25.7 Å². The highest BCUT2D eigenvalue weighted by Gasteiger charge is 2.24. The van der Waals surface area contributed by atoms with Crippen molar-refractivity contribution in [1.82, 2.24) is 5.32 Å². The molecule has 0 spiro atoms. The topological polar surface area (TPSA) is 41.5 Å². The number of rotatable bonds is 9. The van der Waals surface area contributed by atoms with Crippen molar-refractivity contribution in [2.45, 2.75) is 32.0 Å². The quantitative estimate of drug-likeness (QED) is 0.453. The summed E-state index contributed by atoms with van der Waals surface area (Å²) in [5.41, 5.74) is -1.80. The van der Waals surface area contributed by atoms with Crippen molar-refractivity contribution in [3.8, 4) is 0 Å². The number of nitrogens with one attached hydrogen (secondary N) is 1. The van der Waals surface area contributed by atoms with Crippen LogP contribution in [0.2, 0.25) is 0 Å². The van der Waals surface area contributed by atoms with Gasteiger partial charge in [-0.15, -0.1) is 0 Å². The average molecular weight is 219 g/mol. The van der Waals surface area contributed by atoms with Crippen LogP contribution in [0, 0.1) is 0 Å². The lowest BCUT2D eigenvalue weighted by molar-refractivity contribution is 0.00879. The maximum absolute atomic E-state index is 13.4. The Morgan fingerprint density at radius 3 is 2.73 bits per heavy atom. The number of aliphatic hydroxyl groups excluding tert-OH is 1. The van der Waals surface area contributed by atoms with Gasteiger partial charge in [0.05, 0.1) is 13.2 Å². The number of aliphatic hydroxyl groups is 1. The van der Waals surface area contributed by atoms with E-state index in [1.54, 1.807) is 0 Å². The van der Waals surface area contributed by atoms with Gasteiger partial charge in [-0.3, -0.25) is 0 Å². The summed E-state index contributed by atoms with van der Waals surface area (Å²) in [5.74, 6) is 0. The first-order valence-corrected chi connectivity index (χ1v) is 5.28. The second kappa shape index (κ2) is 7.79. The van der Waals surface area contributed by atoms with E-state index >= 15 is 0 Å². The third-order valence-corrected chi connectivity index (χ3v) is 1.99. The minimum atomic E-state index is -1.80. The molecule has 0 radical (unpaired) electrons. The van der Waals surface area contributed by atoms with Crippen LogP contribution in [0.1, 0.15) is 20.3 Å². The second-order valence-electron chi connectivity index (χ2n) is 3.91. The summed E-state index contributed by atoms with van der Waals surface area (Å²) in [5, 5.41) is 11.9. The summed E-state index contributed by atoms with van der Waals surface area (Å²) in [7, 11) is 0. The molecular weight excluding hydrogens is 197 g/mol. The van der Waals surface area contributed by atoms with Crippen LogP contribution in [0.25, 0.3) is 0 Å². The van der Waals surface area contributed by atoms with Crippen LogP contribution in [0.3, 0.4) is 0 Å². The molecule has 0 aliphatic rings. The van der Waals surface area contributed by atoms with Crippen LogP contribution in [0.5, 0.6) is 0 Å². The van der Waals surface area contributed by atoms with Gasteiger partial charge >= 0.3 is 0 Å². The third kappa shape index (κ3) is 7.48. The van der Waals surface area contributed by atoms with Gasteiger partial charge in [-0.25, -0.2) is 4.39 Å². The zero-order chi connectivity index (χ0) is 11.7. The molecule has 4 heteroatoms. The Hall–Kier alpha value is -0.450. The molecule has 15 heavy (non-hydrogen) atoms. The lowest BCUT2D eigenvalue weighted by atomic mass is 10.1. The van der Waals surface area contributed by atoms with E-state index < -0.39 is 12.3 Å². The van der Waals surface area contributed by atoms with Crippen molar-refractivity contribution in [2.24, 2.45) is 0 Å². The first-order chi connectivity index (χ1) is 7.04. The lowest BCUT2D eigenvalue weighted by Crippen LogP contribution is -2.31. The molecule has 0 saturated heterocycles. The van der Waals surface area contributed by atoms with Crippen molar-refractivity contribution < 1.29 is 14.2 Å². The Morgan fingerprint density at radius 1 is 1.60 bits per heavy atom. The number of alkyl halides is 1. The first-order valence-electron chi connectivity index (χ1n) is 5.28. The van der Waals surface area contributed by atoms with E-state index in [0.717, 1.165) is 19.0 Å². The highest BCUT2D eigenvalue weighted by molar-refractivity contribution is 4.95. The summed E-state index contributed by atoms with van der Waals surface area (Å²) in [4.78, 5) is 0. The molecule has 0 bridgehead atoms. The molecule has 2 N–H and O–H groups in total. The fourth-order valence-electron chi connectivity index (χ4n) is 0.976. The van der Waals surface area contributed by atoms with Gasteiger partial charge in [-0.05, 0) is 13.0 Å². The molecule has 1 atom stereocenters. The summed E-state index contributed by atoms with van der Waals surface area (Å²) >= 11 is 0. The van der Waals surface area contributed by atoms with Gasteiger partial charge in [0.1, 0.15) is 0 Å². The molecule has 0 aromatic carbocycles. The Kier molecular flexibility index (Phi) is 7.56. The van der Waals surface area contributed by atoms with Crippen LogP contribution in [-0.2, 0) is 4.74 Å². The Balaban J connectivity index is 3.41. The predicted molar refractivity (Wildman–Crippen MR) is 59.7 cm³/mol. The standard InChI is InChI=1S/C11H22FNO2/c1-4-11(12,8-14)9-15-7-5-6-13-10(2)3/h4,10,13-14H,1,5-9H2,2-3H3. The maximum Gasteiger partial charge on any atom is 0.174 e. The van der Waals surface area contributed by atoms with Gasteiger partial charge in [0, 0.05) is 12.6 Å². The first kappa shape index (κ1) is 14.6. The van der Waals surface area contributed by atoms with Gasteiger partial charge in [-0.2, -0.15) is 0 Å². The fraction of sp³-hybridized carbons (Fsp3) is 0.818. The smallest absolute Gasteiger partial charge is 0.174 e. The summed E-state index contributed by atoms with van der Waals surface area (Å²) in [6, 6.07) is 0.455. The lowest BCUT2D eigenvalue weighted by Gasteiger charge is -2.18. The summed E-state index contributed by atoms with van der Waals surface area (Å²) in [6.07, 6.45) is 1.91. The third-order valence-electron chi connectivity index (χ3n) is 1.99. The molecular formula is C11H22FNO2. The molecule has 0 aliphatic carbocycles. The highest BCUT2D eigenvalue weighted by Crippen LogP contribution is 2.11. The molecule has 0 aromatic rings. The number of halogens is 1. The van der Waals surface area contributed by atoms with E-state index in [0.29, 0.717) is 12.6 Å². The van der Waals surface area contributed by atoms with E-state index in [1.165, 1.54) is 0 Å². The molecule has 0 fully saturated rings. The van der Waals surface area contributed by atoms with Crippen molar-refractivity contribution in [3.05, 3.63) is 12.7 Å². The van der Waals surface area contributed by atoms with Gasteiger partial charge < -0.3 is 15.2 Å². The minimum Gasteiger partial charge on any atom is -0.393 e. The molecule has 90 valence electrons. The summed E-state index contributed by atoms with van der Waals surface area (Å²) in [6.45, 7) is 8.07. The van der Waals surface area contributed by atoms with Gasteiger partial charge in [0.15, 0.2) is 5.67 Å². The van der Waals surface area contributed by atoms with E-state index in [1.807, 2.05) is 0 Å². The van der Waals surface area contributed by atoms with Crippen LogP contribution in [0.15, 0.2) is 12.7 Å². The maximum atomic E-state index is 13.4.